The van der Waals surface area contributed by atoms with Gasteiger partial charge in [0.05, 0.1) is 12.8 Å². The number of ether oxygens (including phenoxy) is 1. The lowest BCUT2D eigenvalue weighted by Crippen LogP contribution is -2.48. The van der Waals surface area contributed by atoms with Gasteiger partial charge >= 0.3 is 11.9 Å². The molecule has 0 atom stereocenters. The van der Waals surface area contributed by atoms with Crippen LogP contribution in [0.3, 0.4) is 0 Å². The fourth-order valence-electron chi connectivity index (χ4n) is 3.38. The highest BCUT2D eigenvalue weighted by atomic mass is 19.4. The van der Waals surface area contributed by atoms with Gasteiger partial charge in [-0.05, 0) is 18.2 Å². The summed E-state index contributed by atoms with van der Waals surface area (Å²) in [6, 6.07) is 8.60. The van der Waals surface area contributed by atoms with Crippen LogP contribution in [-0.4, -0.2) is 57.6 Å². The Kier molecular flexibility index (Phi) is 5.53. The second-order valence-electron chi connectivity index (χ2n) is 6.93. The molecule has 0 bridgehead atoms. The van der Waals surface area contributed by atoms with Gasteiger partial charge in [0.2, 0.25) is 5.95 Å². The van der Waals surface area contributed by atoms with E-state index in [-0.39, 0.29) is 12.6 Å². The molecule has 1 fully saturated rings. The van der Waals surface area contributed by atoms with Crippen molar-refractivity contribution in [1.82, 2.24) is 24.3 Å². The normalized spacial score (nSPS) is 14.7. The van der Waals surface area contributed by atoms with Crippen LogP contribution in [0.1, 0.15) is 5.69 Å². The lowest BCUT2D eigenvalue weighted by Gasteiger charge is -2.36. The lowest BCUT2D eigenvalue weighted by molar-refractivity contribution is -0.141. The van der Waals surface area contributed by atoms with Gasteiger partial charge < -0.3 is 14.5 Å². The Labute approximate surface area is 175 Å². The Morgan fingerprint density at radius 1 is 1.06 bits per heavy atom. The lowest BCUT2D eigenvalue weighted by atomic mass is 10.2. The second kappa shape index (κ2) is 8.28. The largest absolute Gasteiger partial charge is 0.495 e. The molecule has 0 unspecified atom stereocenters. The number of anilines is 2. The van der Waals surface area contributed by atoms with E-state index in [1.807, 2.05) is 29.2 Å². The third-order valence-electron chi connectivity index (χ3n) is 4.97. The van der Waals surface area contributed by atoms with E-state index in [0.29, 0.717) is 26.2 Å². The molecule has 1 aliphatic heterocycles. The third-order valence-corrected chi connectivity index (χ3v) is 4.97. The number of hydrogen-bond donors (Lipinski definition) is 0. The zero-order chi connectivity index (χ0) is 22.0. The van der Waals surface area contributed by atoms with Crippen molar-refractivity contribution < 1.29 is 17.9 Å². The first-order chi connectivity index (χ1) is 14.8. The summed E-state index contributed by atoms with van der Waals surface area (Å²) < 4.78 is 45.5. The van der Waals surface area contributed by atoms with Gasteiger partial charge in [-0.2, -0.15) is 23.3 Å². The summed E-state index contributed by atoms with van der Waals surface area (Å²) in [5.41, 5.74) is -0.634. The smallest absolute Gasteiger partial charge is 0.435 e. The standard InChI is InChI=1S/C19H20F3N7O2/c1-31-15-5-3-2-4-14(15)26-8-10-27(11-9-26)17-23-12-28(18(30)24-17)13-29-7-6-16(25-29)19(20,21)22/h2-7,12H,8-11,13H2,1H3. The number of methoxy groups -OCH3 is 1. The maximum Gasteiger partial charge on any atom is 0.435 e. The zero-order valence-electron chi connectivity index (χ0n) is 16.7. The van der Waals surface area contributed by atoms with Gasteiger partial charge in [0, 0.05) is 32.4 Å². The number of hydrogen-bond acceptors (Lipinski definition) is 7. The topological polar surface area (TPSA) is 81.3 Å². The van der Waals surface area contributed by atoms with E-state index in [1.165, 1.54) is 6.33 Å². The molecule has 3 heterocycles. The fraction of sp³-hybridized carbons (Fsp3) is 0.368. The summed E-state index contributed by atoms with van der Waals surface area (Å²) in [6.45, 7) is 2.39. The predicted octanol–water partition coefficient (Wildman–Crippen LogP) is 1.69. The first kappa shape index (κ1) is 20.7. The van der Waals surface area contributed by atoms with E-state index in [1.54, 1.807) is 7.11 Å². The molecular formula is C19H20F3N7O2. The number of alkyl halides is 3. The van der Waals surface area contributed by atoms with Crippen molar-refractivity contribution >= 4 is 11.6 Å². The Morgan fingerprint density at radius 3 is 2.42 bits per heavy atom. The number of nitrogens with zero attached hydrogens (tertiary/aromatic N) is 7. The van der Waals surface area contributed by atoms with Crippen molar-refractivity contribution in [2.45, 2.75) is 12.8 Å². The molecule has 164 valence electrons. The highest BCUT2D eigenvalue weighted by molar-refractivity contribution is 5.59. The maximum absolute atomic E-state index is 12.7. The predicted molar refractivity (Wildman–Crippen MR) is 106 cm³/mol. The molecule has 1 aromatic carbocycles. The number of halogens is 3. The Bertz CT molecular complexity index is 1100. The van der Waals surface area contributed by atoms with Crippen molar-refractivity contribution in [2.75, 3.05) is 43.1 Å². The molecule has 31 heavy (non-hydrogen) atoms. The molecule has 0 N–H and O–H groups in total. The number of rotatable bonds is 5. The quantitative estimate of drug-likeness (QED) is 0.603. The van der Waals surface area contributed by atoms with Crippen LogP contribution >= 0.6 is 0 Å². The van der Waals surface area contributed by atoms with Crippen molar-refractivity contribution in [3.05, 3.63) is 59.0 Å². The van der Waals surface area contributed by atoms with E-state index >= 15 is 0 Å². The van der Waals surface area contributed by atoms with Crippen LogP contribution in [0.25, 0.3) is 0 Å². The zero-order valence-corrected chi connectivity index (χ0v) is 16.7. The molecular weight excluding hydrogens is 415 g/mol. The fourth-order valence-corrected chi connectivity index (χ4v) is 3.38. The van der Waals surface area contributed by atoms with Crippen LogP contribution in [-0.2, 0) is 12.8 Å². The minimum absolute atomic E-state index is 0.212. The van der Waals surface area contributed by atoms with Gasteiger partial charge in [0.25, 0.3) is 0 Å². The molecule has 1 saturated heterocycles. The van der Waals surface area contributed by atoms with Crippen LogP contribution < -0.4 is 20.2 Å². The second-order valence-corrected chi connectivity index (χ2v) is 6.93. The molecule has 12 heteroatoms. The minimum Gasteiger partial charge on any atom is -0.495 e. The van der Waals surface area contributed by atoms with Gasteiger partial charge in [0.15, 0.2) is 5.69 Å². The summed E-state index contributed by atoms with van der Waals surface area (Å²) in [7, 11) is 1.63. The summed E-state index contributed by atoms with van der Waals surface area (Å²) in [6.07, 6.45) is -2.12. The van der Waals surface area contributed by atoms with E-state index < -0.39 is 17.6 Å². The number of benzene rings is 1. The Morgan fingerprint density at radius 2 is 1.77 bits per heavy atom. The number of piperazine rings is 1. The molecule has 9 nitrogen and oxygen atoms in total. The molecule has 0 amide bonds. The molecule has 0 aliphatic carbocycles. The summed E-state index contributed by atoms with van der Waals surface area (Å²) in [4.78, 5) is 24.7. The number of aromatic nitrogens is 5. The third kappa shape index (κ3) is 4.47. The average Bonchev–Trinajstić information content (AvgIpc) is 3.24. The van der Waals surface area contributed by atoms with Crippen LogP contribution in [0.15, 0.2) is 47.7 Å². The molecule has 4 rings (SSSR count). The van der Waals surface area contributed by atoms with Gasteiger partial charge in [-0.15, -0.1) is 0 Å². The van der Waals surface area contributed by atoms with E-state index in [0.717, 1.165) is 32.9 Å². The van der Waals surface area contributed by atoms with Crippen molar-refractivity contribution in [2.24, 2.45) is 0 Å². The SMILES string of the molecule is COc1ccccc1N1CCN(c2ncn(Cn3ccc(C(F)(F)F)n3)c(=O)n2)CC1. The van der Waals surface area contributed by atoms with Crippen LogP contribution in [0.4, 0.5) is 24.8 Å². The van der Waals surface area contributed by atoms with Crippen molar-refractivity contribution in [3.8, 4) is 5.75 Å². The highest BCUT2D eigenvalue weighted by Crippen LogP contribution is 2.29. The van der Waals surface area contributed by atoms with Gasteiger partial charge in [0.1, 0.15) is 18.7 Å². The van der Waals surface area contributed by atoms with Crippen LogP contribution in [0.5, 0.6) is 5.75 Å². The van der Waals surface area contributed by atoms with E-state index in [4.69, 9.17) is 4.74 Å². The van der Waals surface area contributed by atoms with Crippen molar-refractivity contribution in [3.63, 3.8) is 0 Å². The molecule has 0 spiro atoms. The highest BCUT2D eigenvalue weighted by Gasteiger charge is 2.33. The summed E-state index contributed by atoms with van der Waals surface area (Å²) >= 11 is 0. The minimum atomic E-state index is -4.54. The number of para-hydroxylation sites is 2. The summed E-state index contributed by atoms with van der Waals surface area (Å²) in [5.74, 6) is 1.08. The Balaban J connectivity index is 1.42. The molecule has 0 radical (unpaired) electrons. The van der Waals surface area contributed by atoms with Crippen LogP contribution in [0.2, 0.25) is 0 Å². The van der Waals surface area contributed by atoms with E-state index in [2.05, 4.69) is 20.0 Å². The molecule has 1 aliphatic rings. The first-order valence-corrected chi connectivity index (χ1v) is 9.52. The Hall–Kier alpha value is -3.57. The van der Waals surface area contributed by atoms with E-state index in [9.17, 15) is 18.0 Å². The monoisotopic (exact) mass is 435 g/mol. The van der Waals surface area contributed by atoms with Gasteiger partial charge in [-0.25, -0.2) is 9.78 Å². The average molecular weight is 435 g/mol. The van der Waals surface area contributed by atoms with Gasteiger partial charge in [-0.1, -0.05) is 12.1 Å². The molecule has 2 aromatic heterocycles. The first-order valence-electron chi connectivity index (χ1n) is 9.52. The van der Waals surface area contributed by atoms with Crippen molar-refractivity contribution in [1.29, 1.82) is 0 Å². The summed E-state index contributed by atoms with van der Waals surface area (Å²) in [5, 5.41) is 3.43. The molecule has 3 aromatic rings. The van der Waals surface area contributed by atoms with Gasteiger partial charge in [-0.3, -0.25) is 9.25 Å². The molecule has 0 saturated carbocycles. The maximum atomic E-state index is 12.7. The van der Waals surface area contributed by atoms with Crippen LogP contribution in [0, 0.1) is 0 Å².